The van der Waals surface area contributed by atoms with Gasteiger partial charge < -0.3 is 5.11 Å². The molecule has 4 heteroatoms. The number of benzene rings is 1. The lowest BCUT2D eigenvalue weighted by Crippen LogP contribution is -2.05. The molecule has 0 atom stereocenters. The lowest BCUT2D eigenvalue weighted by Gasteiger charge is -2.04. The van der Waals surface area contributed by atoms with Crippen LogP contribution in [-0.4, -0.2) is 17.5 Å². The standard InChI is InChI=1S/C11H12ClFO2/c12-10-4-1-5-11(13)9(10)7-8(15)3-2-6-14/h1,4-5,14H,2-3,6-7H2. The molecule has 1 N–H and O–H groups in total. The number of aliphatic hydroxyl groups is 1. The maximum atomic E-state index is 13.2. The second kappa shape index (κ2) is 5.83. The van der Waals surface area contributed by atoms with E-state index in [1.54, 1.807) is 6.07 Å². The number of aliphatic hydroxyl groups excluding tert-OH is 1. The SMILES string of the molecule is O=C(CCCO)Cc1c(F)cccc1Cl. The van der Waals surface area contributed by atoms with Gasteiger partial charge in [-0.2, -0.15) is 0 Å². The molecule has 0 spiro atoms. The molecule has 0 unspecified atom stereocenters. The van der Waals surface area contributed by atoms with Gasteiger partial charge in [-0.25, -0.2) is 4.39 Å². The first-order valence-electron chi connectivity index (χ1n) is 4.70. The molecule has 82 valence electrons. The summed E-state index contributed by atoms with van der Waals surface area (Å²) >= 11 is 5.77. The summed E-state index contributed by atoms with van der Waals surface area (Å²) in [5.41, 5.74) is 0.238. The van der Waals surface area contributed by atoms with E-state index in [2.05, 4.69) is 0 Å². The topological polar surface area (TPSA) is 37.3 Å². The zero-order chi connectivity index (χ0) is 11.3. The minimum atomic E-state index is -0.458. The van der Waals surface area contributed by atoms with Crippen LogP contribution in [0.15, 0.2) is 18.2 Å². The van der Waals surface area contributed by atoms with Gasteiger partial charge in [0.1, 0.15) is 11.6 Å². The van der Waals surface area contributed by atoms with Crippen LogP contribution >= 0.6 is 11.6 Å². The van der Waals surface area contributed by atoms with Crippen LogP contribution in [0, 0.1) is 5.82 Å². The minimum Gasteiger partial charge on any atom is -0.396 e. The quantitative estimate of drug-likeness (QED) is 0.843. The van der Waals surface area contributed by atoms with E-state index in [0.717, 1.165) is 0 Å². The van der Waals surface area contributed by atoms with Gasteiger partial charge in [-0.15, -0.1) is 0 Å². The molecular weight excluding hydrogens is 219 g/mol. The van der Waals surface area contributed by atoms with Gasteiger partial charge in [-0.1, -0.05) is 17.7 Å². The Bertz CT molecular complexity index is 332. The molecule has 0 heterocycles. The van der Waals surface area contributed by atoms with Crippen molar-refractivity contribution < 1.29 is 14.3 Å². The van der Waals surface area contributed by atoms with Crippen LogP contribution < -0.4 is 0 Å². The summed E-state index contributed by atoms with van der Waals surface area (Å²) in [6.45, 7) is -0.0310. The van der Waals surface area contributed by atoms with Crippen LogP contribution in [0.2, 0.25) is 5.02 Å². The highest BCUT2D eigenvalue weighted by molar-refractivity contribution is 6.31. The summed E-state index contributed by atoms with van der Waals surface area (Å²) in [7, 11) is 0. The summed E-state index contributed by atoms with van der Waals surface area (Å²) in [4.78, 5) is 11.3. The van der Waals surface area contributed by atoms with E-state index >= 15 is 0 Å². The van der Waals surface area contributed by atoms with Gasteiger partial charge in [0.05, 0.1) is 0 Å². The van der Waals surface area contributed by atoms with E-state index < -0.39 is 5.82 Å². The molecule has 1 aromatic rings. The molecule has 0 bridgehead atoms. The van der Waals surface area contributed by atoms with Gasteiger partial charge in [0.15, 0.2) is 0 Å². The van der Waals surface area contributed by atoms with Gasteiger partial charge in [-0.3, -0.25) is 4.79 Å². The average molecular weight is 231 g/mol. The molecule has 1 aromatic carbocycles. The third-order valence-corrected chi connectivity index (χ3v) is 2.40. The average Bonchev–Trinajstić information content (AvgIpc) is 2.21. The zero-order valence-electron chi connectivity index (χ0n) is 8.17. The number of halogens is 2. The van der Waals surface area contributed by atoms with Gasteiger partial charge in [0.25, 0.3) is 0 Å². The number of hydrogen-bond acceptors (Lipinski definition) is 2. The first-order chi connectivity index (χ1) is 7.15. The zero-order valence-corrected chi connectivity index (χ0v) is 8.93. The van der Waals surface area contributed by atoms with Crippen molar-refractivity contribution in [1.29, 1.82) is 0 Å². The Hall–Kier alpha value is -0.930. The third-order valence-electron chi connectivity index (χ3n) is 2.05. The van der Waals surface area contributed by atoms with E-state index in [4.69, 9.17) is 16.7 Å². The van der Waals surface area contributed by atoms with Crippen molar-refractivity contribution in [3.05, 3.63) is 34.6 Å². The molecule has 0 aromatic heterocycles. The van der Waals surface area contributed by atoms with Gasteiger partial charge in [0, 0.05) is 30.0 Å². The van der Waals surface area contributed by atoms with Crippen molar-refractivity contribution >= 4 is 17.4 Å². The van der Waals surface area contributed by atoms with E-state index in [9.17, 15) is 9.18 Å². The number of carbonyl (C=O) groups is 1. The maximum Gasteiger partial charge on any atom is 0.137 e. The lowest BCUT2D eigenvalue weighted by molar-refractivity contribution is -0.118. The van der Waals surface area contributed by atoms with Gasteiger partial charge in [-0.05, 0) is 18.6 Å². The Balaban J connectivity index is 2.68. The van der Waals surface area contributed by atoms with Crippen LogP contribution in [-0.2, 0) is 11.2 Å². The van der Waals surface area contributed by atoms with E-state index in [-0.39, 0.29) is 35.8 Å². The van der Waals surface area contributed by atoms with Crippen molar-refractivity contribution in [1.82, 2.24) is 0 Å². The highest BCUT2D eigenvalue weighted by Crippen LogP contribution is 2.20. The predicted molar refractivity (Wildman–Crippen MR) is 56.4 cm³/mol. The normalized spacial score (nSPS) is 10.3. The number of Topliss-reactive ketones (excluding diaryl/α,β-unsaturated/α-hetero) is 1. The third kappa shape index (κ3) is 3.61. The molecule has 0 aliphatic carbocycles. The monoisotopic (exact) mass is 230 g/mol. The molecule has 0 aliphatic heterocycles. The highest BCUT2D eigenvalue weighted by Gasteiger charge is 2.11. The van der Waals surface area contributed by atoms with Crippen molar-refractivity contribution in [2.75, 3.05) is 6.61 Å². The largest absolute Gasteiger partial charge is 0.396 e. The summed E-state index contributed by atoms with van der Waals surface area (Å²) in [6, 6.07) is 4.33. The molecule has 0 radical (unpaired) electrons. The molecule has 0 fully saturated rings. The molecular formula is C11H12ClFO2. The smallest absolute Gasteiger partial charge is 0.137 e. The minimum absolute atomic E-state index is 0.00843. The Morgan fingerprint density at radius 1 is 1.47 bits per heavy atom. The second-order valence-corrected chi connectivity index (χ2v) is 3.65. The van der Waals surface area contributed by atoms with E-state index in [1.807, 2.05) is 0 Å². The summed E-state index contributed by atoms with van der Waals surface area (Å²) in [5, 5.41) is 8.81. The van der Waals surface area contributed by atoms with Crippen LogP contribution in [0.25, 0.3) is 0 Å². The van der Waals surface area contributed by atoms with Crippen molar-refractivity contribution in [3.63, 3.8) is 0 Å². The first kappa shape index (κ1) is 12.1. The summed E-state index contributed by atoms with van der Waals surface area (Å²) in [5.74, 6) is -0.573. The first-order valence-corrected chi connectivity index (χ1v) is 5.08. The van der Waals surface area contributed by atoms with E-state index in [1.165, 1.54) is 12.1 Å². The summed E-state index contributed by atoms with van der Waals surface area (Å²) in [6.07, 6.45) is 0.650. The number of ketones is 1. The number of hydrogen-bond donors (Lipinski definition) is 1. The van der Waals surface area contributed by atoms with E-state index in [0.29, 0.717) is 6.42 Å². The number of rotatable bonds is 5. The molecule has 0 amide bonds. The Labute approximate surface area is 92.7 Å². The second-order valence-electron chi connectivity index (χ2n) is 3.24. The van der Waals surface area contributed by atoms with Crippen molar-refractivity contribution in [2.45, 2.75) is 19.3 Å². The van der Waals surface area contributed by atoms with Crippen molar-refractivity contribution in [2.24, 2.45) is 0 Å². The Morgan fingerprint density at radius 2 is 2.20 bits per heavy atom. The fourth-order valence-electron chi connectivity index (χ4n) is 1.26. The molecule has 0 aliphatic rings. The van der Waals surface area contributed by atoms with Crippen LogP contribution in [0.3, 0.4) is 0 Å². The number of carbonyl (C=O) groups excluding carboxylic acids is 1. The molecule has 0 saturated carbocycles. The highest BCUT2D eigenvalue weighted by atomic mass is 35.5. The van der Waals surface area contributed by atoms with Crippen molar-refractivity contribution in [3.8, 4) is 0 Å². The van der Waals surface area contributed by atoms with Gasteiger partial charge >= 0.3 is 0 Å². The lowest BCUT2D eigenvalue weighted by atomic mass is 10.1. The van der Waals surface area contributed by atoms with Crippen LogP contribution in [0.1, 0.15) is 18.4 Å². The maximum absolute atomic E-state index is 13.2. The van der Waals surface area contributed by atoms with Crippen LogP contribution in [0.5, 0.6) is 0 Å². The van der Waals surface area contributed by atoms with Gasteiger partial charge in [0.2, 0.25) is 0 Å². The molecule has 2 nitrogen and oxygen atoms in total. The predicted octanol–water partition coefficient (Wildman–Crippen LogP) is 2.36. The Kier molecular flexibility index (Phi) is 4.72. The molecule has 15 heavy (non-hydrogen) atoms. The fourth-order valence-corrected chi connectivity index (χ4v) is 1.49. The molecule has 1 rings (SSSR count). The summed E-state index contributed by atoms with van der Waals surface area (Å²) < 4.78 is 13.2. The fraction of sp³-hybridized carbons (Fsp3) is 0.364. The Morgan fingerprint density at radius 3 is 2.80 bits per heavy atom. The van der Waals surface area contributed by atoms with Crippen LogP contribution in [0.4, 0.5) is 4.39 Å². The molecule has 0 saturated heterocycles.